The normalized spacial score (nSPS) is 19.2. The lowest BCUT2D eigenvalue weighted by Crippen LogP contribution is -2.62. The molecule has 46 heteroatoms. The first-order chi connectivity index (χ1) is 60.8. The average Bonchev–Trinajstić information content (AvgIpc) is 0.721. The number of rotatable bonds is 47. The van der Waals surface area contributed by atoms with E-state index in [-0.39, 0.29) is 129 Å². The monoisotopic (exact) mass is 1790 g/mol. The lowest BCUT2D eigenvalue weighted by atomic mass is 9.72. The Morgan fingerprint density at radius 3 is 1.42 bits per heavy atom. The van der Waals surface area contributed by atoms with Gasteiger partial charge in [0.1, 0.15) is 95.4 Å². The van der Waals surface area contributed by atoms with Crippen molar-refractivity contribution in [2.45, 2.75) is 188 Å². The van der Waals surface area contributed by atoms with Crippen molar-refractivity contribution < 1.29 is 132 Å². The minimum Gasteiger partial charge on any atom is -0.508 e. The largest absolute Gasteiger partial charge is 0.508 e. The number of nitrogens with two attached hydrogens (primary N) is 3. The number of ether oxygens (including phenoxy) is 3. The second-order valence-electron chi connectivity index (χ2n) is 30.9. The molecule has 46 nitrogen and oxygen atoms in total. The number of imide groups is 1. The van der Waals surface area contributed by atoms with Crippen LogP contribution in [0.2, 0.25) is 0 Å². The quantitative estimate of drug-likeness (QED) is 0.00566. The van der Waals surface area contributed by atoms with E-state index >= 15 is 0 Å². The number of hydrogen-bond acceptors (Lipinski definition) is 30. The first-order valence-corrected chi connectivity index (χ1v) is 40.9. The van der Waals surface area contributed by atoms with Gasteiger partial charge in [-0.05, 0) is 99.7 Å². The topological polar surface area (TPSA) is 766 Å². The zero-order valence-electron chi connectivity index (χ0n) is 69.9. The van der Waals surface area contributed by atoms with Crippen LogP contribution in [0.15, 0.2) is 78.9 Å². The van der Waals surface area contributed by atoms with Crippen LogP contribution in [0.25, 0.3) is 0 Å². The highest BCUT2D eigenvalue weighted by Gasteiger charge is 2.51. The summed E-state index contributed by atoms with van der Waals surface area (Å²) in [4.78, 5) is 196. The molecule has 0 saturated carbocycles. The van der Waals surface area contributed by atoms with Gasteiger partial charge in [-0.1, -0.05) is 42.8 Å². The molecule has 11 amide bonds. The van der Waals surface area contributed by atoms with Gasteiger partial charge in [-0.15, -0.1) is 0 Å². The molecular weight excluding hydrogens is 1680 g/mol. The molecule has 1 fully saturated rings. The van der Waals surface area contributed by atoms with Gasteiger partial charge in [0.2, 0.25) is 58.9 Å². The molecule has 2 aliphatic heterocycles. The van der Waals surface area contributed by atoms with Gasteiger partial charge in [-0.3, -0.25) is 88.3 Å². The molecule has 4 aliphatic rings. The van der Waals surface area contributed by atoms with Gasteiger partial charge in [0, 0.05) is 93.5 Å². The Bertz CT molecular complexity index is 4810. The number of unbranched alkanes of at least 4 members (excludes halogenated alkanes) is 2. The van der Waals surface area contributed by atoms with Crippen molar-refractivity contribution >= 4 is 100 Å². The molecule has 0 spiro atoms. The fourth-order valence-electron chi connectivity index (χ4n) is 14.8. The number of nitrogens with one attached hydrogen (secondary N) is 15. The molecule has 0 radical (unpaired) electrons. The van der Waals surface area contributed by atoms with Crippen LogP contribution >= 0.6 is 0 Å². The van der Waals surface area contributed by atoms with Gasteiger partial charge >= 0.3 is 0 Å². The predicted molar refractivity (Wildman–Crippen MR) is 448 cm³/mol. The van der Waals surface area contributed by atoms with Crippen LogP contribution in [0.1, 0.15) is 144 Å². The Labute approximate surface area is 731 Å². The summed E-state index contributed by atoms with van der Waals surface area (Å²) in [5.74, 6) is -17.6. The Hall–Kier alpha value is -13.5. The summed E-state index contributed by atoms with van der Waals surface area (Å²) in [6, 6.07) is -1.24. The summed E-state index contributed by atoms with van der Waals surface area (Å²) in [5, 5.41) is 163. The number of carbonyl (C=O) groups excluding carboxylic acids is 14. The van der Waals surface area contributed by atoms with Gasteiger partial charge < -0.3 is 146 Å². The number of phenols is 4. The number of hydrogen-bond donors (Lipinski definition) is 28. The third kappa shape index (κ3) is 26.8. The average molecular weight is 1790 g/mol. The van der Waals surface area contributed by atoms with Crippen LogP contribution in [0.5, 0.6) is 28.7 Å². The maximum Gasteiger partial charge on any atom is 0.253 e. The Kier molecular flexibility index (Phi) is 36.4. The van der Waals surface area contributed by atoms with E-state index in [9.17, 15) is 118 Å². The van der Waals surface area contributed by atoms with Gasteiger partial charge in [0.15, 0.2) is 35.7 Å². The molecule has 14 atom stereocenters. The summed E-state index contributed by atoms with van der Waals surface area (Å²) in [6.07, 6.45) is -6.61. The zero-order chi connectivity index (χ0) is 94.0. The highest BCUT2D eigenvalue weighted by molar-refractivity contribution is 6.31. The Balaban J connectivity index is 0.975. The number of methoxy groups -OCH3 is 1. The lowest BCUT2D eigenvalue weighted by Gasteiger charge is -2.43. The van der Waals surface area contributed by atoms with Crippen LogP contribution < -0.4 is 85.7 Å². The highest BCUT2D eigenvalue weighted by atomic mass is 16.7. The molecule has 2 aliphatic carbocycles. The molecule has 0 bridgehead atoms. The van der Waals surface area contributed by atoms with Crippen molar-refractivity contribution in [2.24, 2.45) is 17.2 Å². The molecular formula is C82H109N19O27. The van der Waals surface area contributed by atoms with E-state index in [4.69, 9.17) is 47.6 Å². The number of carbonyl (C=O) groups is 14. The van der Waals surface area contributed by atoms with E-state index < -0.39 is 266 Å². The fraction of sp³-hybridized carbons (Fsp3) is 0.476. The van der Waals surface area contributed by atoms with Crippen molar-refractivity contribution in [1.82, 2.24) is 68.7 Å². The molecule has 0 unspecified atom stereocenters. The van der Waals surface area contributed by atoms with Crippen LogP contribution in [0.4, 0.5) is 0 Å². The molecule has 4 aromatic rings. The van der Waals surface area contributed by atoms with Crippen LogP contribution in [-0.2, 0) is 86.3 Å². The molecule has 31 N–H and O–H groups in total. The zero-order valence-corrected chi connectivity index (χ0v) is 69.9. The van der Waals surface area contributed by atoms with Gasteiger partial charge in [-0.25, -0.2) is 0 Å². The molecule has 2 heterocycles. The number of nitrogens with zero attached hydrogens (tertiary/aromatic N) is 1. The highest BCUT2D eigenvalue weighted by Crippen LogP contribution is 2.53. The van der Waals surface area contributed by atoms with E-state index in [1.54, 1.807) is 0 Å². The number of guanidine groups is 3. The van der Waals surface area contributed by atoms with Crippen molar-refractivity contribution in [2.75, 3.05) is 59.7 Å². The first-order valence-electron chi connectivity index (χ1n) is 40.9. The van der Waals surface area contributed by atoms with E-state index in [1.807, 2.05) is 0 Å². The third-order valence-electron chi connectivity index (χ3n) is 21.6. The standard InChI is InChI=1S/C82H109N19O27/c1-39-66(112)49(32-61(127-39)128-56-34-82(125,57(108)38-105)33-45-63(56)70(116)65-64(68(45)114)67(113)44-10-6-14-55(126-2)62(44)69(65)115)95-72(118)47(12-8-27-90-80(85)86)94-76(122)52(35-102)99-75(121)51(31-41-18-22-43(107)23-19-41)96-74(120)50(30-40-16-20-42(106)21-17-40)97-77(123)53(36-103)100-78(124)54(37-104)98-73(119)48(13-9-28-91-81(87)88)93-71(117)46(11-7-26-89-79(83)84)92-58(109)15-4-3-5-29-101-59(110)24-25-60(101)111/h6,10,14,16-25,39,46-54,56,61,66,102-107,112,114,116,125H,3-5,7-9,11-13,15,26-38H2,1-2H3,(H,92,109)(H,93,117)(H,94,122)(H,95,118)(H,96,120)(H,97,123)(H,98,119)(H,99,121)(H,100,124)(H4,83,84,89)(H4,85,86,90)(H4,87,88,91)/t39-,46-,47-,48-,49-,50-,51-,52-,53-,54-,56-,61-,66+,82-/m0/s1. The number of aliphatic hydroxyl groups excluding tert-OH is 5. The SMILES string of the molecule is COc1cccc2c1C(=O)c1c(O)c3c(c(O)c1C2=O)C[C@@](O)(C(=O)CO)C[C@@H]3O[C@H]1C[C@H](NC(=O)[C@H](CCCNC(=N)N)NC(=O)[C@H](CO)NC(=O)[C@H](Cc2ccc(O)cc2)NC(=O)[C@H](Cc2ccc(O)cc2)NC(=O)[C@H](CO)NC(=O)[C@H](CO)NC(=O)[C@H](CCCNC(=N)N)NC(=O)[C@H](CCCNC(=N)N)NC(=O)CCCCCN2C(=O)C=CC2=O)[C@H](O)[C@H](C)O1. The van der Waals surface area contributed by atoms with Crippen LogP contribution in [0.3, 0.4) is 0 Å². The number of amides is 11. The number of phenolic OH excluding ortho intramolecular Hbond substituents is 4. The molecule has 128 heavy (non-hydrogen) atoms. The summed E-state index contributed by atoms with van der Waals surface area (Å²) < 4.78 is 17.7. The number of fused-ring (bicyclic) bond motifs is 3. The second kappa shape index (κ2) is 46.6. The Morgan fingerprint density at radius 1 is 0.539 bits per heavy atom. The van der Waals surface area contributed by atoms with E-state index in [0.29, 0.717) is 12.8 Å². The summed E-state index contributed by atoms with van der Waals surface area (Å²) in [7, 11) is 1.23. The number of aliphatic hydroxyl groups is 6. The van der Waals surface area contributed by atoms with Crippen molar-refractivity contribution in [1.29, 1.82) is 16.2 Å². The summed E-state index contributed by atoms with van der Waals surface area (Å²) in [5.41, 5.74) is 11.7. The van der Waals surface area contributed by atoms with E-state index in [0.717, 1.165) is 17.1 Å². The van der Waals surface area contributed by atoms with Crippen molar-refractivity contribution in [3.8, 4) is 28.7 Å². The fourth-order valence-corrected chi connectivity index (χ4v) is 14.8. The second-order valence-corrected chi connectivity index (χ2v) is 30.9. The number of aromatic hydroxyl groups is 4. The van der Waals surface area contributed by atoms with E-state index in [1.165, 1.54) is 80.8 Å². The van der Waals surface area contributed by atoms with Crippen molar-refractivity contribution in [3.05, 3.63) is 123 Å². The molecule has 4 aromatic carbocycles. The molecule has 1 saturated heterocycles. The van der Waals surface area contributed by atoms with Crippen molar-refractivity contribution in [3.63, 3.8) is 0 Å². The minimum absolute atomic E-state index is 0.0177. The maximum atomic E-state index is 14.9. The first kappa shape index (κ1) is 99.9. The summed E-state index contributed by atoms with van der Waals surface area (Å²) in [6.45, 7) is -3.45. The van der Waals surface area contributed by atoms with E-state index in [2.05, 4.69) is 63.8 Å². The van der Waals surface area contributed by atoms with Gasteiger partial charge in [-0.2, -0.15) is 0 Å². The number of benzene rings is 4. The van der Waals surface area contributed by atoms with Gasteiger partial charge in [0.25, 0.3) is 11.8 Å². The van der Waals surface area contributed by atoms with Gasteiger partial charge in [0.05, 0.1) is 61.9 Å². The molecule has 0 aromatic heterocycles. The van der Waals surface area contributed by atoms with Crippen LogP contribution in [0, 0.1) is 16.2 Å². The maximum absolute atomic E-state index is 14.9. The predicted octanol–water partition coefficient (Wildman–Crippen LogP) is -6.81. The Morgan fingerprint density at radius 2 is 0.969 bits per heavy atom. The molecule has 694 valence electrons. The minimum atomic E-state index is -2.57. The van der Waals surface area contributed by atoms with Crippen LogP contribution in [-0.4, -0.2) is 294 Å². The smallest absolute Gasteiger partial charge is 0.253 e. The lowest BCUT2D eigenvalue weighted by molar-refractivity contribution is -0.249. The molecule has 8 rings (SSSR count). The third-order valence-corrected chi connectivity index (χ3v) is 21.6. The summed E-state index contributed by atoms with van der Waals surface area (Å²) >= 11 is 0. The number of Topliss-reactive ketones (excluding diaryl/α,β-unsaturated/α-hetero) is 1. The number of ketones is 3.